The van der Waals surface area contributed by atoms with Crippen LogP contribution >= 0.6 is 0 Å². The molecule has 160 valence electrons. The minimum absolute atomic E-state index is 0.00785. The molecule has 1 saturated heterocycles. The Labute approximate surface area is 183 Å². The van der Waals surface area contributed by atoms with Crippen LogP contribution in [0, 0.1) is 11.8 Å². The first-order valence-corrected chi connectivity index (χ1v) is 10.9. The maximum absolute atomic E-state index is 12.9. The molecule has 1 aromatic heterocycles. The van der Waals surface area contributed by atoms with Crippen molar-refractivity contribution in [2.75, 3.05) is 11.9 Å². The van der Waals surface area contributed by atoms with Crippen LogP contribution < -0.4 is 10.6 Å². The third kappa shape index (κ3) is 4.78. The van der Waals surface area contributed by atoms with E-state index in [-0.39, 0.29) is 6.04 Å². The number of aromatic nitrogens is 1. The van der Waals surface area contributed by atoms with Gasteiger partial charge in [-0.25, -0.2) is 4.79 Å². The Balaban J connectivity index is 1.65. The summed E-state index contributed by atoms with van der Waals surface area (Å²) in [5.74, 6) is 0.925. The van der Waals surface area contributed by atoms with Crippen molar-refractivity contribution in [3.05, 3.63) is 85.1 Å². The molecule has 0 spiro atoms. The highest BCUT2D eigenvalue weighted by atomic mass is 16.6. The summed E-state index contributed by atoms with van der Waals surface area (Å²) in [6.07, 6.45) is 4.91. The van der Waals surface area contributed by atoms with Crippen LogP contribution in [0.15, 0.2) is 79.5 Å². The number of ether oxygens (including phenoxy) is 1. The second-order valence-corrected chi connectivity index (χ2v) is 8.05. The number of rotatable bonds is 6. The van der Waals surface area contributed by atoms with Gasteiger partial charge >= 0.3 is 6.09 Å². The molecule has 1 aliphatic rings. The highest BCUT2D eigenvalue weighted by Gasteiger charge is 2.35. The summed E-state index contributed by atoms with van der Waals surface area (Å²) < 4.78 is 6.08. The van der Waals surface area contributed by atoms with Crippen molar-refractivity contribution >= 4 is 22.7 Å². The van der Waals surface area contributed by atoms with E-state index in [1.54, 1.807) is 6.20 Å². The molecule has 1 fully saturated rings. The normalized spacial score (nSPS) is 21.9. The van der Waals surface area contributed by atoms with Gasteiger partial charge in [0, 0.05) is 35.4 Å². The van der Waals surface area contributed by atoms with E-state index in [2.05, 4.69) is 29.1 Å². The van der Waals surface area contributed by atoms with E-state index in [1.165, 1.54) is 0 Å². The van der Waals surface area contributed by atoms with Crippen LogP contribution in [0.25, 0.3) is 10.9 Å². The molecule has 1 aliphatic heterocycles. The minimum Gasteiger partial charge on any atom is -0.439 e. The van der Waals surface area contributed by atoms with E-state index in [0.717, 1.165) is 35.9 Å². The zero-order valence-electron chi connectivity index (χ0n) is 17.8. The van der Waals surface area contributed by atoms with Crippen LogP contribution in [0.2, 0.25) is 0 Å². The number of hydrogen-bond donors (Lipinski definition) is 2. The molecule has 4 atom stereocenters. The van der Waals surface area contributed by atoms with Crippen molar-refractivity contribution in [2.45, 2.75) is 31.9 Å². The number of fused-ring (bicyclic) bond motifs is 1. The molecule has 2 heterocycles. The van der Waals surface area contributed by atoms with Crippen LogP contribution in [0.3, 0.4) is 0 Å². The molecule has 5 heteroatoms. The standard InChI is InChI=1S/C26H29N3O2/c1-3-18-16-24(28-17-19(18)4-2)25(31-26(30)29-20-10-6-5-7-11-20)22-14-15-27-23-13-9-8-12-21(22)23/h4-15,18-19,24-25,28H,2-3,16-17H2,1H3,(H,29,30)/t18-,19-,24+,25-/m0/s1. The highest BCUT2D eigenvalue weighted by Crippen LogP contribution is 2.36. The lowest BCUT2D eigenvalue weighted by Crippen LogP contribution is -2.47. The molecule has 2 N–H and O–H groups in total. The van der Waals surface area contributed by atoms with Gasteiger partial charge in [-0.15, -0.1) is 6.58 Å². The number of nitrogens with one attached hydrogen (secondary N) is 2. The number of piperidine rings is 1. The predicted molar refractivity (Wildman–Crippen MR) is 125 cm³/mol. The number of amides is 1. The largest absolute Gasteiger partial charge is 0.439 e. The van der Waals surface area contributed by atoms with Crippen molar-refractivity contribution in [1.82, 2.24) is 10.3 Å². The van der Waals surface area contributed by atoms with Gasteiger partial charge < -0.3 is 10.1 Å². The fourth-order valence-electron chi connectivity index (χ4n) is 4.53. The van der Waals surface area contributed by atoms with E-state index in [9.17, 15) is 4.79 Å². The lowest BCUT2D eigenvalue weighted by atomic mass is 9.79. The van der Waals surface area contributed by atoms with Gasteiger partial charge in [-0.05, 0) is 42.5 Å². The van der Waals surface area contributed by atoms with E-state index >= 15 is 0 Å². The van der Waals surface area contributed by atoms with E-state index in [0.29, 0.717) is 17.5 Å². The molecular weight excluding hydrogens is 386 g/mol. The summed E-state index contributed by atoms with van der Waals surface area (Å²) in [5, 5.41) is 7.48. The molecule has 0 radical (unpaired) electrons. The quantitative estimate of drug-likeness (QED) is 0.506. The number of para-hydroxylation sites is 2. The van der Waals surface area contributed by atoms with Gasteiger partial charge in [0.25, 0.3) is 0 Å². The van der Waals surface area contributed by atoms with Gasteiger partial charge in [0.2, 0.25) is 0 Å². The summed E-state index contributed by atoms with van der Waals surface area (Å²) in [5.41, 5.74) is 2.57. The van der Waals surface area contributed by atoms with Crippen molar-refractivity contribution < 1.29 is 9.53 Å². The number of benzene rings is 2. The van der Waals surface area contributed by atoms with Crippen LogP contribution in [-0.2, 0) is 4.74 Å². The summed E-state index contributed by atoms with van der Waals surface area (Å²) in [6, 6.07) is 19.3. The summed E-state index contributed by atoms with van der Waals surface area (Å²) in [4.78, 5) is 17.3. The van der Waals surface area contributed by atoms with Crippen molar-refractivity contribution in [3.8, 4) is 0 Å². The second kappa shape index (κ2) is 9.75. The van der Waals surface area contributed by atoms with Gasteiger partial charge in [-0.3, -0.25) is 10.3 Å². The number of carbonyl (C=O) groups is 1. The average molecular weight is 416 g/mol. The van der Waals surface area contributed by atoms with Crippen molar-refractivity contribution in [1.29, 1.82) is 0 Å². The third-order valence-electron chi connectivity index (χ3n) is 6.21. The summed E-state index contributed by atoms with van der Waals surface area (Å²) in [7, 11) is 0. The number of hydrogen-bond acceptors (Lipinski definition) is 4. The average Bonchev–Trinajstić information content (AvgIpc) is 2.82. The second-order valence-electron chi connectivity index (χ2n) is 8.05. The van der Waals surface area contributed by atoms with Crippen LogP contribution in [-0.4, -0.2) is 23.7 Å². The Bertz CT molecular complexity index is 1030. The van der Waals surface area contributed by atoms with E-state index in [4.69, 9.17) is 4.74 Å². The summed E-state index contributed by atoms with van der Waals surface area (Å²) >= 11 is 0. The topological polar surface area (TPSA) is 63.2 Å². The highest BCUT2D eigenvalue weighted by molar-refractivity contribution is 5.86. The summed E-state index contributed by atoms with van der Waals surface area (Å²) in [6.45, 7) is 7.04. The molecule has 3 aromatic rings. The van der Waals surface area contributed by atoms with E-state index in [1.807, 2.05) is 66.7 Å². The zero-order valence-corrected chi connectivity index (χ0v) is 17.8. The molecule has 1 amide bonds. The van der Waals surface area contributed by atoms with Gasteiger partial charge in [0.05, 0.1) is 5.52 Å². The molecule has 0 bridgehead atoms. The SMILES string of the molecule is C=C[C@H]1CN[C@@H]([C@@H](OC(=O)Nc2ccccc2)c2ccnc3ccccc23)C[C@@H]1CC. The molecule has 31 heavy (non-hydrogen) atoms. The number of nitrogens with zero attached hydrogens (tertiary/aromatic N) is 1. The minimum atomic E-state index is -0.460. The van der Waals surface area contributed by atoms with Gasteiger partial charge in [0.1, 0.15) is 6.10 Å². The first kappa shape index (κ1) is 21.1. The first-order valence-electron chi connectivity index (χ1n) is 10.9. The lowest BCUT2D eigenvalue weighted by molar-refractivity contribution is 0.0614. The Hall–Kier alpha value is -3.18. The first-order chi connectivity index (χ1) is 15.2. The van der Waals surface area contributed by atoms with Crippen LogP contribution in [0.1, 0.15) is 31.4 Å². The lowest BCUT2D eigenvalue weighted by Gasteiger charge is -2.39. The molecule has 4 rings (SSSR count). The maximum atomic E-state index is 12.9. The molecule has 2 aromatic carbocycles. The number of pyridine rings is 1. The molecule has 0 unspecified atom stereocenters. The smallest absolute Gasteiger partial charge is 0.412 e. The number of anilines is 1. The zero-order chi connectivity index (χ0) is 21.6. The Morgan fingerprint density at radius 1 is 1.23 bits per heavy atom. The van der Waals surface area contributed by atoms with Crippen molar-refractivity contribution in [2.24, 2.45) is 11.8 Å². The fourth-order valence-corrected chi connectivity index (χ4v) is 4.53. The van der Waals surface area contributed by atoms with Crippen LogP contribution in [0.4, 0.5) is 10.5 Å². The molecule has 0 aliphatic carbocycles. The molecule has 5 nitrogen and oxygen atoms in total. The van der Waals surface area contributed by atoms with E-state index < -0.39 is 12.2 Å². The predicted octanol–water partition coefficient (Wildman–Crippen LogP) is 5.71. The van der Waals surface area contributed by atoms with Gasteiger partial charge in [-0.1, -0.05) is 55.8 Å². The fraction of sp³-hybridized carbons (Fsp3) is 0.308. The third-order valence-corrected chi connectivity index (χ3v) is 6.21. The Kier molecular flexibility index (Phi) is 6.63. The number of carbonyl (C=O) groups excluding carboxylic acids is 1. The Morgan fingerprint density at radius 3 is 2.77 bits per heavy atom. The molecular formula is C26H29N3O2. The monoisotopic (exact) mass is 415 g/mol. The van der Waals surface area contributed by atoms with Crippen molar-refractivity contribution in [3.63, 3.8) is 0 Å². The Morgan fingerprint density at radius 2 is 2.00 bits per heavy atom. The van der Waals surface area contributed by atoms with Gasteiger partial charge in [-0.2, -0.15) is 0 Å². The molecule has 0 saturated carbocycles. The van der Waals surface area contributed by atoms with Gasteiger partial charge in [0.15, 0.2) is 0 Å². The maximum Gasteiger partial charge on any atom is 0.412 e. The van der Waals surface area contributed by atoms with Crippen LogP contribution in [0.5, 0.6) is 0 Å².